The summed E-state index contributed by atoms with van der Waals surface area (Å²) in [5.41, 5.74) is 2.25. The number of anilines is 2. The van der Waals surface area contributed by atoms with E-state index in [0.29, 0.717) is 64.1 Å². The first-order valence-corrected chi connectivity index (χ1v) is 21.9. The minimum Gasteiger partial charge on any atom is -0.506 e. The van der Waals surface area contributed by atoms with Crippen LogP contribution in [-0.2, 0) is 34.6 Å². The Morgan fingerprint density at radius 1 is 0.931 bits per heavy atom. The van der Waals surface area contributed by atoms with Crippen LogP contribution in [0.3, 0.4) is 0 Å². The van der Waals surface area contributed by atoms with E-state index in [1.165, 1.54) is 16.4 Å². The Bertz CT molecular complexity index is 2560. The number of hydrogen-bond donors (Lipinski definition) is 4. The summed E-state index contributed by atoms with van der Waals surface area (Å²) in [6.45, 7) is 1.27. The average Bonchev–Trinajstić information content (AvgIpc) is 3.80. The lowest BCUT2D eigenvalue weighted by atomic mass is 9.89. The van der Waals surface area contributed by atoms with Gasteiger partial charge in [0.1, 0.15) is 29.8 Å². The summed E-state index contributed by atoms with van der Waals surface area (Å²) in [5, 5.41) is 16.4. The van der Waals surface area contributed by atoms with Crippen molar-refractivity contribution in [3.05, 3.63) is 95.8 Å². The number of phenols is 1. The van der Waals surface area contributed by atoms with E-state index in [0.717, 1.165) is 18.4 Å². The number of rotatable bonds is 11. The van der Waals surface area contributed by atoms with Gasteiger partial charge in [-0.25, -0.2) is 21.8 Å². The molecule has 18 heteroatoms. The fourth-order valence-corrected chi connectivity index (χ4v) is 10.4. The fourth-order valence-electron chi connectivity index (χ4n) is 7.86. The van der Waals surface area contributed by atoms with Gasteiger partial charge in [-0.15, -0.1) is 0 Å². The van der Waals surface area contributed by atoms with Crippen LogP contribution < -0.4 is 24.4 Å². The number of amides is 3. The second kappa shape index (κ2) is 15.7. The van der Waals surface area contributed by atoms with Crippen molar-refractivity contribution in [3.63, 3.8) is 0 Å². The number of halogens is 1. The largest absolute Gasteiger partial charge is 0.506 e. The zero-order chi connectivity index (χ0) is 40.8. The quantitative estimate of drug-likeness (QED) is 0.161. The van der Waals surface area contributed by atoms with Crippen molar-refractivity contribution in [3.8, 4) is 17.2 Å². The molecule has 4 N–H and O–H groups in total. The highest BCUT2D eigenvalue weighted by Crippen LogP contribution is 2.40. The van der Waals surface area contributed by atoms with Gasteiger partial charge in [0.05, 0.1) is 11.4 Å². The summed E-state index contributed by atoms with van der Waals surface area (Å²) in [6.07, 6.45) is 3.98. The van der Waals surface area contributed by atoms with Crippen LogP contribution in [0, 0.1) is 5.82 Å². The predicted molar refractivity (Wildman–Crippen MR) is 214 cm³/mol. The van der Waals surface area contributed by atoms with E-state index in [9.17, 15) is 36.3 Å². The van der Waals surface area contributed by atoms with E-state index in [2.05, 4.69) is 15.5 Å². The molecule has 15 nitrogen and oxygen atoms in total. The minimum absolute atomic E-state index is 0.00485. The minimum atomic E-state index is -4.38. The molecule has 3 amide bonds. The zero-order valence-corrected chi connectivity index (χ0v) is 32.8. The Labute approximate surface area is 334 Å². The molecule has 0 bridgehead atoms. The van der Waals surface area contributed by atoms with Crippen molar-refractivity contribution < 1.29 is 45.5 Å². The summed E-state index contributed by atoms with van der Waals surface area (Å²) in [7, 11) is -8.05. The molecule has 3 saturated heterocycles. The predicted octanol–water partition coefficient (Wildman–Crippen LogP) is 3.78. The number of phenolic OH excluding ortho intramolecular Hbond substituents is 1. The number of piperidine rings is 2. The number of benzene rings is 4. The van der Waals surface area contributed by atoms with Crippen LogP contribution in [0.4, 0.5) is 15.8 Å². The first kappa shape index (κ1) is 39.3. The van der Waals surface area contributed by atoms with Crippen molar-refractivity contribution in [2.24, 2.45) is 0 Å². The summed E-state index contributed by atoms with van der Waals surface area (Å²) < 4.78 is 77.6. The van der Waals surface area contributed by atoms with Gasteiger partial charge in [-0.1, -0.05) is 42.5 Å². The molecule has 1 unspecified atom stereocenters. The van der Waals surface area contributed by atoms with Gasteiger partial charge in [-0.2, -0.15) is 12.7 Å². The van der Waals surface area contributed by atoms with E-state index in [1.54, 1.807) is 22.9 Å². The molecule has 0 spiro atoms. The SMILES string of the molecule is O=C1CCC(Nc2ccc(C3CCN(CCS(=O)(=O)N4CC=C(c5ccc6cc(O)c(N7CC(=O)NS7(=O)=O)c(F)c6c5)C4)CC3)cc2Oc2ccccc2)C(=O)N1. The highest BCUT2D eigenvalue weighted by molar-refractivity contribution is 7.92. The lowest BCUT2D eigenvalue weighted by Crippen LogP contribution is -2.47. The number of sulfonamides is 1. The molecular weight excluding hydrogens is 792 g/mol. The summed E-state index contributed by atoms with van der Waals surface area (Å²) in [6, 6.07) is 20.6. The Morgan fingerprint density at radius 2 is 1.71 bits per heavy atom. The van der Waals surface area contributed by atoms with Crippen LogP contribution in [-0.4, -0.2) is 99.9 Å². The maximum Gasteiger partial charge on any atom is 0.326 e. The molecular formula is C40H41FN6O9S2. The molecule has 4 aromatic rings. The van der Waals surface area contributed by atoms with Gasteiger partial charge < -0.3 is 20.1 Å². The molecule has 0 aliphatic carbocycles. The molecule has 0 saturated carbocycles. The van der Waals surface area contributed by atoms with Gasteiger partial charge in [0.25, 0.3) is 5.91 Å². The number of likely N-dealkylation sites (tertiary alicyclic amines) is 1. The molecule has 8 rings (SSSR count). The molecule has 0 radical (unpaired) electrons. The fraction of sp³-hybridized carbons (Fsp3) is 0.325. The number of carbonyl (C=O) groups excluding carboxylic acids is 3. The smallest absolute Gasteiger partial charge is 0.326 e. The third-order valence-corrected chi connectivity index (χ3v) is 14.2. The number of nitrogens with one attached hydrogen (secondary N) is 3. The second-order valence-electron chi connectivity index (χ2n) is 14.8. The van der Waals surface area contributed by atoms with E-state index in [1.807, 2.05) is 48.5 Å². The first-order chi connectivity index (χ1) is 27.7. The molecule has 0 aromatic heterocycles. The third kappa shape index (κ3) is 8.09. The maximum absolute atomic E-state index is 15.8. The van der Waals surface area contributed by atoms with Gasteiger partial charge in [-0.3, -0.25) is 19.7 Å². The molecule has 304 valence electrons. The summed E-state index contributed by atoms with van der Waals surface area (Å²) >= 11 is 0. The normalized spacial score (nSPS) is 20.6. The van der Waals surface area contributed by atoms with Gasteiger partial charge in [0, 0.05) is 31.4 Å². The zero-order valence-electron chi connectivity index (χ0n) is 31.2. The number of nitrogens with zero attached hydrogens (tertiary/aromatic N) is 3. The summed E-state index contributed by atoms with van der Waals surface area (Å²) in [5.74, 6) is -1.87. The Hall–Kier alpha value is -5.56. The van der Waals surface area contributed by atoms with Crippen LogP contribution in [0.15, 0.2) is 78.9 Å². The topological polar surface area (TPSA) is 195 Å². The molecule has 4 aromatic carbocycles. The number of ether oxygens (including phenoxy) is 1. The molecule has 1 atom stereocenters. The van der Waals surface area contributed by atoms with Gasteiger partial charge in [0.15, 0.2) is 11.6 Å². The average molecular weight is 833 g/mol. The number of fused-ring (bicyclic) bond motifs is 1. The third-order valence-electron chi connectivity index (χ3n) is 11.0. The van der Waals surface area contributed by atoms with Crippen molar-refractivity contribution in [1.82, 2.24) is 19.2 Å². The van der Waals surface area contributed by atoms with Crippen LogP contribution in [0.1, 0.15) is 42.7 Å². The Kier molecular flexibility index (Phi) is 10.6. The lowest BCUT2D eigenvalue weighted by Gasteiger charge is -2.33. The van der Waals surface area contributed by atoms with E-state index >= 15 is 4.39 Å². The number of hydrogen-bond acceptors (Lipinski definition) is 11. The van der Waals surface area contributed by atoms with Crippen molar-refractivity contribution >= 4 is 65.7 Å². The van der Waals surface area contributed by atoms with E-state index in [4.69, 9.17) is 4.74 Å². The molecule has 4 heterocycles. The maximum atomic E-state index is 15.8. The number of aromatic hydroxyl groups is 1. The molecule has 4 aliphatic rings. The number of para-hydroxylation sites is 1. The van der Waals surface area contributed by atoms with Gasteiger partial charge in [-0.05, 0) is 96.8 Å². The summed E-state index contributed by atoms with van der Waals surface area (Å²) in [4.78, 5) is 38.1. The highest BCUT2D eigenvalue weighted by Gasteiger charge is 2.38. The second-order valence-corrected chi connectivity index (χ2v) is 18.5. The monoisotopic (exact) mass is 832 g/mol. The van der Waals surface area contributed by atoms with Crippen molar-refractivity contribution in [1.29, 1.82) is 0 Å². The standard InChI is InChI=1S/C40H41FN6O9S2/c41-38-31-20-26(6-7-28(31)21-34(48)39(38)47-24-37(50)44-58(47,54)55)29-14-17-46(23-29)57(52,53)19-18-45-15-12-25(13-16-45)27-8-9-32(42-33-10-11-36(49)43-40(33)51)35(22-27)56-30-4-2-1-3-5-30/h1-9,14,20-22,25,33,42,48H,10-13,15-19,23-24H2,(H,44,50)(H,43,49,51). The van der Waals surface area contributed by atoms with E-state index < -0.39 is 56.0 Å². The lowest BCUT2D eigenvalue weighted by molar-refractivity contribution is -0.133. The van der Waals surface area contributed by atoms with Crippen LogP contribution in [0.2, 0.25) is 0 Å². The molecule has 3 fully saturated rings. The first-order valence-electron chi connectivity index (χ1n) is 18.9. The number of carbonyl (C=O) groups is 3. The van der Waals surface area contributed by atoms with Crippen molar-refractivity contribution in [2.45, 2.75) is 37.6 Å². The van der Waals surface area contributed by atoms with Crippen LogP contribution >= 0.6 is 0 Å². The van der Waals surface area contributed by atoms with Crippen molar-refractivity contribution in [2.75, 3.05) is 54.6 Å². The van der Waals surface area contributed by atoms with E-state index in [-0.39, 0.29) is 48.4 Å². The van der Waals surface area contributed by atoms with Crippen LogP contribution in [0.25, 0.3) is 16.3 Å². The molecule has 4 aliphatic heterocycles. The Balaban J connectivity index is 0.886. The molecule has 58 heavy (non-hydrogen) atoms. The Morgan fingerprint density at radius 3 is 2.43 bits per heavy atom. The van der Waals surface area contributed by atoms with Crippen LogP contribution in [0.5, 0.6) is 17.2 Å². The highest BCUT2D eigenvalue weighted by atomic mass is 32.2. The van der Waals surface area contributed by atoms with Gasteiger partial charge >= 0.3 is 10.2 Å². The van der Waals surface area contributed by atoms with Gasteiger partial charge in [0.2, 0.25) is 21.8 Å². The number of imide groups is 1.